The van der Waals surface area contributed by atoms with Crippen molar-refractivity contribution in [2.24, 2.45) is 5.10 Å². The molecule has 0 radical (unpaired) electrons. The molecule has 1 fully saturated rings. The third-order valence-corrected chi connectivity index (χ3v) is 5.21. The number of rotatable bonds is 6. The minimum Gasteiger partial charge on any atom is -0.378 e. The van der Waals surface area contributed by atoms with Gasteiger partial charge >= 0.3 is 0 Å². The SMILES string of the molecule is O=[N+]([O-])c1cccc(/C=C2\CCC(/C=N\Nc3ccccc3)=C2N2CCOCC2)c1. The molecule has 0 atom stereocenters. The molecule has 1 heterocycles. The molecule has 2 aromatic rings. The fraction of sp³-hybridized carbons (Fsp3) is 0.261. The van der Waals surface area contributed by atoms with Crippen LogP contribution in [0.3, 0.4) is 0 Å². The molecule has 0 aromatic heterocycles. The fourth-order valence-electron chi connectivity index (χ4n) is 3.80. The van der Waals surface area contributed by atoms with Gasteiger partial charge in [-0.25, -0.2) is 0 Å². The van der Waals surface area contributed by atoms with Gasteiger partial charge in [0.1, 0.15) is 0 Å². The van der Waals surface area contributed by atoms with Gasteiger partial charge in [0.15, 0.2) is 0 Å². The molecular weight excluding hydrogens is 380 g/mol. The lowest BCUT2D eigenvalue weighted by molar-refractivity contribution is -0.384. The lowest BCUT2D eigenvalue weighted by atomic mass is 10.1. The third-order valence-electron chi connectivity index (χ3n) is 5.21. The number of benzene rings is 2. The molecule has 2 aliphatic rings. The smallest absolute Gasteiger partial charge is 0.270 e. The van der Waals surface area contributed by atoms with Gasteiger partial charge in [0.25, 0.3) is 5.69 Å². The van der Waals surface area contributed by atoms with E-state index in [0.29, 0.717) is 13.2 Å². The maximum Gasteiger partial charge on any atom is 0.270 e. The van der Waals surface area contributed by atoms with Crippen LogP contribution in [0.15, 0.2) is 76.5 Å². The summed E-state index contributed by atoms with van der Waals surface area (Å²) >= 11 is 0. The highest BCUT2D eigenvalue weighted by Crippen LogP contribution is 2.35. The minimum atomic E-state index is -0.358. The summed E-state index contributed by atoms with van der Waals surface area (Å²) in [5.41, 5.74) is 8.47. The summed E-state index contributed by atoms with van der Waals surface area (Å²) in [5, 5.41) is 15.6. The van der Waals surface area contributed by atoms with Crippen molar-refractivity contribution < 1.29 is 9.66 Å². The number of non-ortho nitro benzene ring substituents is 1. The fourth-order valence-corrected chi connectivity index (χ4v) is 3.80. The van der Waals surface area contributed by atoms with Crippen LogP contribution < -0.4 is 5.43 Å². The van der Waals surface area contributed by atoms with Crippen molar-refractivity contribution in [2.75, 3.05) is 31.7 Å². The molecule has 1 N–H and O–H groups in total. The number of nitrogens with zero attached hydrogens (tertiary/aromatic N) is 3. The van der Waals surface area contributed by atoms with Crippen molar-refractivity contribution in [3.05, 3.63) is 87.1 Å². The van der Waals surface area contributed by atoms with Crippen molar-refractivity contribution in [2.45, 2.75) is 12.8 Å². The Kier molecular flexibility index (Phi) is 6.20. The van der Waals surface area contributed by atoms with E-state index >= 15 is 0 Å². The number of anilines is 1. The first-order chi connectivity index (χ1) is 14.7. The lowest BCUT2D eigenvalue weighted by Gasteiger charge is -2.31. The molecule has 1 saturated heterocycles. The molecular formula is C23H24N4O3. The highest BCUT2D eigenvalue weighted by Gasteiger charge is 2.25. The van der Waals surface area contributed by atoms with Gasteiger partial charge in [-0.1, -0.05) is 30.3 Å². The Balaban J connectivity index is 1.63. The Morgan fingerprint density at radius 3 is 2.63 bits per heavy atom. The first-order valence-electron chi connectivity index (χ1n) is 10.1. The molecule has 0 spiro atoms. The average Bonchev–Trinajstić information content (AvgIpc) is 3.17. The zero-order chi connectivity index (χ0) is 20.8. The largest absolute Gasteiger partial charge is 0.378 e. The molecule has 30 heavy (non-hydrogen) atoms. The Hall–Kier alpha value is -3.45. The van der Waals surface area contributed by atoms with Crippen LogP contribution in [0.2, 0.25) is 0 Å². The number of ether oxygens (including phenoxy) is 1. The predicted molar refractivity (Wildman–Crippen MR) is 118 cm³/mol. The van der Waals surface area contributed by atoms with E-state index in [0.717, 1.165) is 42.8 Å². The number of nitrogens with one attached hydrogen (secondary N) is 1. The highest BCUT2D eigenvalue weighted by molar-refractivity contribution is 5.84. The highest BCUT2D eigenvalue weighted by atomic mass is 16.6. The van der Waals surface area contributed by atoms with E-state index in [4.69, 9.17) is 4.74 Å². The Morgan fingerprint density at radius 2 is 1.87 bits per heavy atom. The molecule has 7 heteroatoms. The lowest BCUT2D eigenvalue weighted by Crippen LogP contribution is -2.36. The summed E-state index contributed by atoms with van der Waals surface area (Å²) in [4.78, 5) is 13.1. The number of para-hydroxylation sites is 1. The first kappa shape index (κ1) is 19.8. The van der Waals surface area contributed by atoms with E-state index in [1.54, 1.807) is 12.1 Å². The zero-order valence-electron chi connectivity index (χ0n) is 16.7. The summed E-state index contributed by atoms with van der Waals surface area (Å²) in [7, 11) is 0. The van der Waals surface area contributed by atoms with Crippen molar-refractivity contribution in [1.82, 2.24) is 4.90 Å². The van der Waals surface area contributed by atoms with Gasteiger partial charge in [-0.15, -0.1) is 0 Å². The van der Waals surface area contributed by atoms with E-state index in [2.05, 4.69) is 21.5 Å². The second-order valence-corrected chi connectivity index (χ2v) is 7.23. The van der Waals surface area contributed by atoms with Gasteiger partial charge in [-0.05, 0) is 47.8 Å². The Morgan fingerprint density at radius 1 is 1.07 bits per heavy atom. The number of nitro groups is 1. The molecule has 154 valence electrons. The quantitative estimate of drug-likeness (QED) is 0.437. The standard InChI is InChI=1S/C23H24N4O3/c28-27(29)22-8-4-5-18(16-22)15-19-9-10-20(23(19)26-11-13-30-14-12-26)17-24-25-21-6-2-1-3-7-21/h1-8,15-17,25H,9-14H2/b19-15+,24-17-. The molecule has 0 saturated carbocycles. The molecule has 2 aromatic carbocycles. The monoisotopic (exact) mass is 404 g/mol. The van der Waals surface area contributed by atoms with Crippen molar-refractivity contribution in [3.8, 4) is 0 Å². The second-order valence-electron chi connectivity index (χ2n) is 7.23. The Bertz CT molecular complexity index is 993. The van der Waals surface area contributed by atoms with E-state index in [1.165, 1.54) is 17.3 Å². The summed E-state index contributed by atoms with van der Waals surface area (Å²) in [6.07, 6.45) is 5.71. The normalized spacial score (nSPS) is 18.4. The van der Waals surface area contributed by atoms with Gasteiger partial charge in [0.05, 0.1) is 30.0 Å². The van der Waals surface area contributed by atoms with Gasteiger partial charge in [-0.3, -0.25) is 15.5 Å². The van der Waals surface area contributed by atoms with Crippen molar-refractivity contribution >= 4 is 23.7 Å². The molecule has 0 amide bonds. The minimum absolute atomic E-state index is 0.105. The molecule has 7 nitrogen and oxygen atoms in total. The number of nitro benzene ring substituents is 1. The number of hydrazone groups is 1. The first-order valence-corrected chi connectivity index (χ1v) is 10.1. The van der Waals surface area contributed by atoms with E-state index < -0.39 is 0 Å². The van der Waals surface area contributed by atoms with Crippen LogP contribution in [0.25, 0.3) is 6.08 Å². The van der Waals surface area contributed by atoms with Crippen LogP contribution in [-0.2, 0) is 4.74 Å². The van der Waals surface area contributed by atoms with Crippen molar-refractivity contribution in [3.63, 3.8) is 0 Å². The predicted octanol–water partition coefficient (Wildman–Crippen LogP) is 4.46. The maximum atomic E-state index is 11.1. The van der Waals surface area contributed by atoms with Crippen LogP contribution in [0.4, 0.5) is 11.4 Å². The average molecular weight is 404 g/mol. The van der Waals surface area contributed by atoms with Crippen LogP contribution >= 0.6 is 0 Å². The maximum absolute atomic E-state index is 11.1. The summed E-state index contributed by atoms with van der Waals surface area (Å²) < 4.78 is 5.52. The molecule has 0 unspecified atom stereocenters. The molecule has 1 aliphatic carbocycles. The van der Waals surface area contributed by atoms with Crippen molar-refractivity contribution in [1.29, 1.82) is 0 Å². The number of allylic oxidation sites excluding steroid dienone is 2. The number of morpholine rings is 1. The summed E-state index contributed by atoms with van der Waals surface area (Å²) in [5.74, 6) is 0. The van der Waals surface area contributed by atoms with Crippen LogP contribution in [0.1, 0.15) is 18.4 Å². The van der Waals surface area contributed by atoms with Gasteiger partial charge in [-0.2, -0.15) is 5.10 Å². The van der Waals surface area contributed by atoms with E-state index in [9.17, 15) is 10.1 Å². The van der Waals surface area contributed by atoms with E-state index in [-0.39, 0.29) is 10.6 Å². The van der Waals surface area contributed by atoms with Crippen LogP contribution in [0, 0.1) is 10.1 Å². The summed E-state index contributed by atoms with van der Waals surface area (Å²) in [6, 6.07) is 16.6. The second kappa shape index (κ2) is 9.37. The van der Waals surface area contributed by atoms with Gasteiger partial charge in [0.2, 0.25) is 0 Å². The number of hydrogen-bond acceptors (Lipinski definition) is 6. The molecule has 0 bridgehead atoms. The van der Waals surface area contributed by atoms with E-state index in [1.807, 2.05) is 42.6 Å². The zero-order valence-corrected chi connectivity index (χ0v) is 16.7. The Labute approximate surface area is 175 Å². The third kappa shape index (κ3) is 4.75. The van der Waals surface area contributed by atoms with Gasteiger partial charge in [0, 0.05) is 30.9 Å². The van der Waals surface area contributed by atoms with Gasteiger partial charge < -0.3 is 9.64 Å². The topological polar surface area (TPSA) is 80.0 Å². The summed E-state index contributed by atoms with van der Waals surface area (Å²) in [6.45, 7) is 3.04. The van der Waals surface area contributed by atoms with Crippen LogP contribution in [0.5, 0.6) is 0 Å². The number of hydrogen-bond donors (Lipinski definition) is 1. The molecule has 1 aliphatic heterocycles. The van der Waals surface area contributed by atoms with Crippen LogP contribution in [-0.4, -0.2) is 42.3 Å². The molecule has 4 rings (SSSR count).